The van der Waals surface area contributed by atoms with E-state index in [0.717, 1.165) is 19.2 Å². The summed E-state index contributed by atoms with van der Waals surface area (Å²) in [5, 5.41) is 13.2. The lowest BCUT2D eigenvalue weighted by Crippen LogP contribution is -2.52. The summed E-state index contributed by atoms with van der Waals surface area (Å²) in [4.78, 5) is 36.8. The minimum atomic E-state index is -3.74. The Morgan fingerprint density at radius 2 is 1.95 bits per heavy atom. The lowest BCUT2D eigenvalue weighted by molar-refractivity contribution is -0.209. The number of para-hydroxylation sites is 1. The van der Waals surface area contributed by atoms with Crippen molar-refractivity contribution in [3.63, 3.8) is 0 Å². The Kier molecular flexibility index (Phi) is 8.88. The molecule has 1 aromatic rings. The van der Waals surface area contributed by atoms with E-state index in [0.29, 0.717) is 4.90 Å². The quantitative estimate of drug-likeness (QED) is 0.250. The van der Waals surface area contributed by atoms with Crippen LogP contribution in [0.3, 0.4) is 0 Å². The molecule has 0 radical (unpaired) electrons. The molecule has 1 amide bonds. The second-order valence-corrected chi connectivity index (χ2v) is 12.2. The first kappa shape index (κ1) is 29.3. The van der Waals surface area contributed by atoms with Gasteiger partial charge in [0.25, 0.3) is 5.85 Å². The number of rotatable bonds is 10. The number of hydrogen-bond acceptors (Lipinski definition) is 9. The first-order valence-corrected chi connectivity index (χ1v) is 14.0. The van der Waals surface area contributed by atoms with Crippen molar-refractivity contribution in [1.82, 2.24) is 9.99 Å². The molecule has 37 heavy (non-hydrogen) atoms. The zero-order chi connectivity index (χ0) is 27.6. The van der Waals surface area contributed by atoms with Crippen LogP contribution in [0.1, 0.15) is 34.1 Å². The summed E-state index contributed by atoms with van der Waals surface area (Å²) >= 11 is 5.50. The summed E-state index contributed by atoms with van der Waals surface area (Å²) in [6.45, 7) is 0.769. The number of carbonyl (C=O) groups excluding carboxylic acids is 3. The van der Waals surface area contributed by atoms with Crippen molar-refractivity contribution in [1.29, 1.82) is 0 Å². The summed E-state index contributed by atoms with van der Waals surface area (Å²) in [5.74, 6) is -4.93. The van der Waals surface area contributed by atoms with Crippen LogP contribution < -0.4 is 9.61 Å². The highest BCUT2D eigenvalue weighted by Gasteiger charge is 2.66. The van der Waals surface area contributed by atoms with Gasteiger partial charge >= 0.3 is 12.6 Å². The van der Waals surface area contributed by atoms with Crippen molar-refractivity contribution in [2.45, 2.75) is 70.1 Å². The van der Waals surface area contributed by atoms with Gasteiger partial charge < -0.3 is 23.6 Å². The van der Waals surface area contributed by atoms with Crippen LogP contribution in [-0.2, 0) is 40.2 Å². The van der Waals surface area contributed by atoms with Gasteiger partial charge in [-0.3, -0.25) is 19.3 Å². The normalized spacial score (nSPS) is 30.3. The van der Waals surface area contributed by atoms with E-state index in [4.69, 9.17) is 30.3 Å². The molecular weight excluding hydrogens is 533 g/mol. The van der Waals surface area contributed by atoms with Gasteiger partial charge in [0.1, 0.15) is 18.4 Å². The Hall–Kier alpha value is -2.28. The number of halogens is 2. The van der Waals surface area contributed by atoms with E-state index in [1.165, 1.54) is 6.92 Å². The maximum atomic E-state index is 15.9. The van der Waals surface area contributed by atoms with E-state index in [1.807, 2.05) is 0 Å². The summed E-state index contributed by atoms with van der Waals surface area (Å²) in [6.07, 6.45) is -3.28. The largest absolute Gasteiger partial charge is 0.462 e. The zero-order valence-electron chi connectivity index (χ0n) is 20.6. The van der Waals surface area contributed by atoms with E-state index in [1.54, 1.807) is 44.2 Å². The fourth-order valence-electron chi connectivity index (χ4n) is 3.63. The van der Waals surface area contributed by atoms with Crippen LogP contribution in [0.15, 0.2) is 42.6 Å². The van der Waals surface area contributed by atoms with E-state index >= 15 is 8.78 Å². The third-order valence-corrected chi connectivity index (χ3v) is 7.96. The third kappa shape index (κ3) is 6.78. The Morgan fingerprint density at radius 1 is 1.30 bits per heavy atom. The van der Waals surface area contributed by atoms with Gasteiger partial charge in [0, 0.05) is 6.20 Å². The number of ketones is 1. The first-order valence-electron chi connectivity index (χ1n) is 11.4. The van der Waals surface area contributed by atoms with Gasteiger partial charge in [0.2, 0.25) is 5.91 Å². The van der Waals surface area contributed by atoms with Crippen LogP contribution in [-0.4, -0.2) is 70.3 Å². The minimum Gasteiger partial charge on any atom is -0.462 e. The number of benzene rings is 1. The standard InChI is InChI=1S/C23H29F2N2O8PS/c1-14(2)33-19(30)15(3)26-36(37,35-17-8-6-5-7-9-17)32-13-23(25)20(31)22(4,24)21(34-23)27-11-10-16(28)12-18(27)29/h5-11,14-15,20-21,31H,12-13H2,1-4H3,(H,26,37)/t15-,20-,21+,22+,23+,36?/m0/s1. The molecule has 14 heteroatoms. The number of esters is 1. The van der Waals surface area contributed by atoms with Gasteiger partial charge in [0.15, 0.2) is 23.8 Å². The molecule has 1 unspecified atom stereocenters. The molecule has 0 aromatic heterocycles. The van der Waals surface area contributed by atoms with Crippen LogP contribution in [0.2, 0.25) is 0 Å². The van der Waals surface area contributed by atoms with Gasteiger partial charge in [-0.05, 0) is 57.7 Å². The van der Waals surface area contributed by atoms with Gasteiger partial charge in [-0.1, -0.05) is 18.2 Å². The number of ether oxygens (including phenoxy) is 2. The number of aliphatic hydroxyl groups is 1. The molecule has 0 aliphatic carbocycles. The molecule has 10 nitrogen and oxygen atoms in total. The molecule has 0 saturated carbocycles. The van der Waals surface area contributed by atoms with Crippen molar-refractivity contribution >= 4 is 36.1 Å². The maximum absolute atomic E-state index is 15.9. The lowest BCUT2D eigenvalue weighted by Gasteiger charge is -2.32. The Labute approximate surface area is 218 Å². The number of hydrogen-bond donors (Lipinski definition) is 2. The molecule has 1 saturated heterocycles. The SMILES string of the molecule is CC(C)OC(=O)[C@H](C)NP(=S)(OC[C@@]1(F)O[C@@H](N2C=CC(=O)CC2=O)[C@](C)(F)[C@@H]1O)Oc1ccccc1. The molecule has 2 N–H and O–H groups in total. The molecule has 1 aromatic carbocycles. The number of carbonyl (C=O) groups is 3. The summed E-state index contributed by atoms with van der Waals surface area (Å²) < 4.78 is 53.1. The number of nitrogens with one attached hydrogen (secondary N) is 1. The molecule has 2 heterocycles. The molecule has 0 bridgehead atoms. The summed E-state index contributed by atoms with van der Waals surface area (Å²) in [5.41, 5.74) is -2.79. The molecular formula is C23H29F2N2O8PS. The molecule has 6 atom stereocenters. The minimum absolute atomic E-state index is 0.241. The van der Waals surface area contributed by atoms with Crippen molar-refractivity contribution in [3.05, 3.63) is 42.6 Å². The average Bonchev–Trinajstić information content (AvgIpc) is 2.98. The van der Waals surface area contributed by atoms with E-state index in [2.05, 4.69) is 5.09 Å². The summed E-state index contributed by atoms with van der Waals surface area (Å²) in [6, 6.07) is 7.10. The van der Waals surface area contributed by atoms with Crippen molar-refractivity contribution < 1.29 is 46.8 Å². The molecule has 0 spiro atoms. The highest BCUT2D eigenvalue weighted by atomic mass is 32.5. The van der Waals surface area contributed by atoms with Crippen LogP contribution in [0, 0.1) is 0 Å². The Balaban J connectivity index is 1.82. The fourth-order valence-corrected chi connectivity index (χ4v) is 6.02. The third-order valence-electron chi connectivity index (χ3n) is 5.48. The van der Waals surface area contributed by atoms with E-state index < -0.39 is 73.3 Å². The predicted octanol–water partition coefficient (Wildman–Crippen LogP) is 2.66. The number of alkyl halides is 2. The first-order chi connectivity index (χ1) is 17.2. The van der Waals surface area contributed by atoms with Crippen molar-refractivity contribution in [2.24, 2.45) is 0 Å². The van der Waals surface area contributed by atoms with Gasteiger partial charge in [0.05, 0.1) is 12.5 Å². The topological polar surface area (TPSA) is 124 Å². The second-order valence-electron chi connectivity index (χ2n) is 9.08. The number of aliphatic hydroxyl groups excluding tert-OH is 1. The number of amides is 1. The molecule has 3 rings (SSSR count). The van der Waals surface area contributed by atoms with E-state index in [-0.39, 0.29) is 5.75 Å². The molecule has 1 fully saturated rings. The van der Waals surface area contributed by atoms with Crippen molar-refractivity contribution in [2.75, 3.05) is 6.61 Å². The van der Waals surface area contributed by atoms with Crippen molar-refractivity contribution in [3.8, 4) is 5.75 Å². The summed E-state index contributed by atoms with van der Waals surface area (Å²) in [7, 11) is 0. The van der Waals surface area contributed by atoms with Crippen LogP contribution in [0.4, 0.5) is 8.78 Å². The van der Waals surface area contributed by atoms with Crippen LogP contribution >= 0.6 is 6.64 Å². The van der Waals surface area contributed by atoms with Gasteiger partial charge in [-0.2, -0.15) is 0 Å². The van der Waals surface area contributed by atoms with E-state index in [9.17, 15) is 19.5 Å². The van der Waals surface area contributed by atoms with Gasteiger partial charge in [-0.25, -0.2) is 13.9 Å². The van der Waals surface area contributed by atoms with Crippen LogP contribution in [0.25, 0.3) is 0 Å². The number of allylic oxidation sites excluding steroid dienone is 1. The molecule has 2 aliphatic heterocycles. The molecule has 204 valence electrons. The number of nitrogens with zero attached hydrogens (tertiary/aromatic N) is 1. The van der Waals surface area contributed by atoms with Crippen LogP contribution in [0.5, 0.6) is 5.75 Å². The van der Waals surface area contributed by atoms with Gasteiger partial charge in [-0.15, -0.1) is 0 Å². The molecule has 2 aliphatic rings. The smallest absolute Gasteiger partial charge is 0.323 e. The average molecular weight is 563 g/mol. The Morgan fingerprint density at radius 3 is 2.54 bits per heavy atom. The Bertz CT molecular complexity index is 1110. The predicted molar refractivity (Wildman–Crippen MR) is 131 cm³/mol. The second kappa shape index (κ2) is 11.2. The zero-order valence-corrected chi connectivity index (χ0v) is 22.3. The lowest BCUT2D eigenvalue weighted by atomic mass is 9.96. The highest BCUT2D eigenvalue weighted by Crippen LogP contribution is 2.50. The highest BCUT2D eigenvalue weighted by molar-refractivity contribution is 8.09. The fraction of sp³-hybridized carbons (Fsp3) is 0.522. The monoisotopic (exact) mass is 562 g/mol. The maximum Gasteiger partial charge on any atom is 0.323 e.